The minimum atomic E-state index is -3.57. The summed E-state index contributed by atoms with van der Waals surface area (Å²) in [6.45, 7) is 3.56. The van der Waals surface area contributed by atoms with Gasteiger partial charge >= 0.3 is 0 Å². The van der Waals surface area contributed by atoms with Crippen LogP contribution >= 0.6 is 11.6 Å². The van der Waals surface area contributed by atoms with E-state index in [9.17, 15) is 8.42 Å². The predicted molar refractivity (Wildman–Crippen MR) is 103 cm³/mol. The summed E-state index contributed by atoms with van der Waals surface area (Å²) in [5, 5.41) is 0.235. The van der Waals surface area contributed by atoms with Crippen molar-refractivity contribution in [1.82, 2.24) is 9.62 Å². The van der Waals surface area contributed by atoms with Crippen LogP contribution in [0.4, 0.5) is 0 Å². The van der Waals surface area contributed by atoms with Crippen LogP contribution in [-0.2, 0) is 14.8 Å². The Labute approximate surface area is 160 Å². The molecule has 0 unspecified atom stereocenters. The fourth-order valence-electron chi connectivity index (χ4n) is 3.02. The number of benzene rings is 2. The molecular formula is C19H23ClN2O3S. The lowest BCUT2D eigenvalue weighted by atomic mass is 10.1. The van der Waals surface area contributed by atoms with Gasteiger partial charge in [-0.2, -0.15) is 0 Å². The van der Waals surface area contributed by atoms with Gasteiger partial charge in [0, 0.05) is 19.6 Å². The van der Waals surface area contributed by atoms with Gasteiger partial charge in [0.2, 0.25) is 10.0 Å². The molecule has 1 aliphatic rings. The molecule has 1 heterocycles. The fraction of sp³-hybridized carbons (Fsp3) is 0.368. The lowest BCUT2D eigenvalue weighted by Gasteiger charge is -2.33. The zero-order valence-corrected chi connectivity index (χ0v) is 16.0. The van der Waals surface area contributed by atoms with E-state index in [4.69, 9.17) is 16.3 Å². The number of nitrogens with one attached hydrogen (secondary N) is 1. The summed E-state index contributed by atoms with van der Waals surface area (Å²) < 4.78 is 33.1. The van der Waals surface area contributed by atoms with Gasteiger partial charge in [0.25, 0.3) is 0 Å². The van der Waals surface area contributed by atoms with Crippen molar-refractivity contribution in [2.75, 3.05) is 32.8 Å². The van der Waals surface area contributed by atoms with Crippen LogP contribution in [0.1, 0.15) is 18.1 Å². The molecule has 2 aromatic rings. The van der Waals surface area contributed by atoms with Gasteiger partial charge in [-0.15, -0.1) is 0 Å². The number of rotatable bonds is 7. The van der Waals surface area contributed by atoms with E-state index in [2.05, 4.69) is 21.8 Å². The van der Waals surface area contributed by atoms with Crippen molar-refractivity contribution in [2.45, 2.75) is 17.4 Å². The van der Waals surface area contributed by atoms with Crippen molar-refractivity contribution in [3.63, 3.8) is 0 Å². The first-order valence-corrected chi connectivity index (χ1v) is 10.6. The maximum Gasteiger partial charge on any atom is 0.242 e. The van der Waals surface area contributed by atoms with Gasteiger partial charge < -0.3 is 4.74 Å². The van der Waals surface area contributed by atoms with Crippen LogP contribution in [-0.4, -0.2) is 46.1 Å². The van der Waals surface area contributed by atoms with E-state index in [0.717, 1.165) is 26.1 Å². The molecule has 1 saturated heterocycles. The van der Waals surface area contributed by atoms with E-state index in [1.165, 1.54) is 11.6 Å². The number of hydrogen-bond acceptors (Lipinski definition) is 4. The number of sulfonamides is 1. The summed E-state index contributed by atoms with van der Waals surface area (Å²) in [6.07, 6.45) is 0.801. The Morgan fingerprint density at radius 3 is 2.62 bits per heavy atom. The lowest BCUT2D eigenvalue weighted by molar-refractivity contribution is -0.0300. The van der Waals surface area contributed by atoms with Crippen LogP contribution in [0.2, 0.25) is 5.02 Å². The van der Waals surface area contributed by atoms with Crippen LogP contribution < -0.4 is 4.72 Å². The second-order valence-corrected chi connectivity index (χ2v) is 8.40. The van der Waals surface area contributed by atoms with Crippen LogP contribution in [0.25, 0.3) is 0 Å². The zero-order chi connectivity index (χ0) is 18.4. The molecule has 1 N–H and O–H groups in total. The lowest BCUT2D eigenvalue weighted by Crippen LogP contribution is -2.39. The molecule has 5 nitrogen and oxygen atoms in total. The molecule has 26 heavy (non-hydrogen) atoms. The van der Waals surface area contributed by atoms with E-state index < -0.39 is 10.0 Å². The molecule has 0 amide bonds. The largest absolute Gasteiger partial charge is 0.371 e. The number of morpholine rings is 1. The number of ether oxygens (including phenoxy) is 1. The first-order valence-electron chi connectivity index (χ1n) is 8.69. The minimum absolute atomic E-state index is 0.0739. The molecule has 1 fully saturated rings. The summed E-state index contributed by atoms with van der Waals surface area (Å²) in [5.74, 6) is 0. The SMILES string of the molecule is O=S(=O)(NCCCN1CCO[C@@H](c2ccccc2)C1)c1ccccc1Cl. The summed E-state index contributed by atoms with van der Waals surface area (Å²) in [5.41, 5.74) is 1.18. The summed E-state index contributed by atoms with van der Waals surface area (Å²) in [4.78, 5) is 2.43. The maximum absolute atomic E-state index is 12.3. The minimum Gasteiger partial charge on any atom is -0.371 e. The second kappa shape index (κ2) is 8.97. The molecule has 0 aliphatic carbocycles. The van der Waals surface area contributed by atoms with Crippen molar-refractivity contribution >= 4 is 21.6 Å². The van der Waals surface area contributed by atoms with E-state index in [1.54, 1.807) is 18.2 Å². The van der Waals surface area contributed by atoms with E-state index in [0.29, 0.717) is 13.2 Å². The summed E-state index contributed by atoms with van der Waals surface area (Å²) in [6, 6.07) is 16.6. The molecule has 0 spiro atoms. The Morgan fingerprint density at radius 1 is 1.12 bits per heavy atom. The average molecular weight is 395 g/mol. The third-order valence-corrected chi connectivity index (χ3v) is 6.35. The first kappa shape index (κ1) is 19.3. The van der Waals surface area contributed by atoms with Crippen LogP contribution in [0.5, 0.6) is 0 Å². The smallest absolute Gasteiger partial charge is 0.242 e. The van der Waals surface area contributed by atoms with Crippen LogP contribution in [0.15, 0.2) is 59.5 Å². The zero-order valence-electron chi connectivity index (χ0n) is 14.5. The van der Waals surface area contributed by atoms with Gasteiger partial charge in [-0.05, 0) is 30.7 Å². The van der Waals surface area contributed by atoms with Gasteiger partial charge in [0.05, 0.1) is 17.7 Å². The molecule has 3 rings (SSSR count). The van der Waals surface area contributed by atoms with Gasteiger partial charge in [0.15, 0.2) is 0 Å². The molecule has 7 heteroatoms. The number of hydrogen-bond donors (Lipinski definition) is 1. The van der Waals surface area contributed by atoms with Gasteiger partial charge in [-0.1, -0.05) is 54.1 Å². The van der Waals surface area contributed by atoms with Crippen molar-refractivity contribution in [2.24, 2.45) is 0 Å². The summed E-state index contributed by atoms with van der Waals surface area (Å²) >= 11 is 5.98. The molecule has 1 aliphatic heterocycles. The molecule has 0 bridgehead atoms. The average Bonchev–Trinajstić information content (AvgIpc) is 2.66. The number of halogens is 1. The van der Waals surface area contributed by atoms with Crippen molar-refractivity contribution in [3.05, 3.63) is 65.2 Å². The highest BCUT2D eigenvalue weighted by Crippen LogP contribution is 2.22. The van der Waals surface area contributed by atoms with Crippen LogP contribution in [0.3, 0.4) is 0 Å². The van der Waals surface area contributed by atoms with Crippen LogP contribution in [0, 0.1) is 0 Å². The third kappa shape index (κ3) is 5.05. The summed E-state index contributed by atoms with van der Waals surface area (Å²) in [7, 11) is -3.57. The standard InChI is InChI=1S/C19H23ClN2O3S/c20-17-9-4-5-10-19(17)26(23,24)21-11-6-12-22-13-14-25-18(15-22)16-7-2-1-3-8-16/h1-5,7-10,18,21H,6,11-15H2/t18-/m1/s1. The monoisotopic (exact) mass is 394 g/mol. The highest BCUT2D eigenvalue weighted by molar-refractivity contribution is 7.89. The van der Waals surface area contributed by atoms with Crippen molar-refractivity contribution < 1.29 is 13.2 Å². The van der Waals surface area contributed by atoms with Gasteiger partial charge in [0.1, 0.15) is 4.90 Å². The highest BCUT2D eigenvalue weighted by atomic mass is 35.5. The normalized spacial score (nSPS) is 18.7. The maximum atomic E-state index is 12.3. The third-order valence-electron chi connectivity index (χ3n) is 4.39. The Balaban J connectivity index is 1.47. The molecule has 1 atom stereocenters. The highest BCUT2D eigenvalue weighted by Gasteiger charge is 2.22. The predicted octanol–water partition coefficient (Wildman–Crippen LogP) is 3.08. The Hall–Kier alpha value is -1.44. The second-order valence-electron chi connectivity index (χ2n) is 6.25. The number of nitrogens with zero attached hydrogens (tertiary/aromatic N) is 1. The van der Waals surface area contributed by atoms with Gasteiger partial charge in [-0.3, -0.25) is 4.90 Å². The topological polar surface area (TPSA) is 58.6 Å². The van der Waals surface area contributed by atoms with E-state index in [-0.39, 0.29) is 16.0 Å². The molecule has 0 saturated carbocycles. The van der Waals surface area contributed by atoms with Crippen molar-refractivity contribution in [3.8, 4) is 0 Å². The van der Waals surface area contributed by atoms with E-state index in [1.807, 2.05) is 18.2 Å². The molecule has 140 valence electrons. The molecule has 0 radical (unpaired) electrons. The van der Waals surface area contributed by atoms with E-state index >= 15 is 0 Å². The Morgan fingerprint density at radius 2 is 1.85 bits per heavy atom. The molecule has 2 aromatic carbocycles. The van der Waals surface area contributed by atoms with Crippen molar-refractivity contribution in [1.29, 1.82) is 0 Å². The first-order chi connectivity index (χ1) is 12.6. The van der Waals surface area contributed by atoms with Gasteiger partial charge in [-0.25, -0.2) is 13.1 Å². The Kier molecular flexibility index (Phi) is 6.67. The fourth-order valence-corrected chi connectivity index (χ4v) is 4.62. The Bertz CT molecular complexity index is 815. The quantitative estimate of drug-likeness (QED) is 0.733. The molecule has 0 aromatic heterocycles. The molecular weight excluding hydrogens is 372 g/mol.